The third kappa shape index (κ3) is 1.57. The van der Waals surface area contributed by atoms with E-state index in [1.54, 1.807) is 0 Å². The van der Waals surface area contributed by atoms with Crippen molar-refractivity contribution >= 4 is 21.9 Å². The SMILES string of the molecule is CC1(c2ccccc2Br)COC(=O)C1. The maximum atomic E-state index is 11.1. The van der Waals surface area contributed by atoms with Crippen LogP contribution < -0.4 is 0 Å². The van der Waals surface area contributed by atoms with E-state index < -0.39 is 0 Å². The predicted molar refractivity (Wildman–Crippen MR) is 57.1 cm³/mol. The monoisotopic (exact) mass is 254 g/mol. The highest BCUT2D eigenvalue weighted by Crippen LogP contribution is 2.37. The molecule has 0 saturated carbocycles. The second kappa shape index (κ2) is 3.39. The Bertz CT molecular complexity index is 375. The van der Waals surface area contributed by atoms with Crippen molar-refractivity contribution in [3.8, 4) is 0 Å². The van der Waals surface area contributed by atoms with Crippen molar-refractivity contribution in [1.82, 2.24) is 0 Å². The molecular formula is C11H11BrO2. The lowest BCUT2D eigenvalue weighted by molar-refractivity contribution is -0.137. The Kier molecular flexibility index (Phi) is 2.35. The molecule has 0 amide bonds. The summed E-state index contributed by atoms with van der Waals surface area (Å²) in [6, 6.07) is 7.97. The van der Waals surface area contributed by atoms with Gasteiger partial charge in [-0.05, 0) is 11.6 Å². The molecule has 0 aromatic heterocycles. The fourth-order valence-electron chi connectivity index (χ4n) is 1.78. The first-order valence-electron chi connectivity index (χ1n) is 4.52. The average molecular weight is 255 g/mol. The van der Waals surface area contributed by atoms with Crippen molar-refractivity contribution in [2.24, 2.45) is 0 Å². The third-order valence-corrected chi connectivity index (χ3v) is 3.30. The highest BCUT2D eigenvalue weighted by atomic mass is 79.9. The van der Waals surface area contributed by atoms with Gasteiger partial charge >= 0.3 is 5.97 Å². The van der Waals surface area contributed by atoms with Crippen molar-refractivity contribution in [1.29, 1.82) is 0 Å². The van der Waals surface area contributed by atoms with Gasteiger partial charge in [0.25, 0.3) is 0 Å². The van der Waals surface area contributed by atoms with Crippen LogP contribution in [0.4, 0.5) is 0 Å². The summed E-state index contributed by atoms with van der Waals surface area (Å²) in [4.78, 5) is 11.1. The number of carbonyl (C=O) groups excluding carboxylic acids is 1. The second-order valence-electron chi connectivity index (χ2n) is 3.88. The van der Waals surface area contributed by atoms with Crippen LogP contribution >= 0.6 is 15.9 Å². The van der Waals surface area contributed by atoms with E-state index in [1.165, 1.54) is 0 Å². The van der Waals surface area contributed by atoms with Gasteiger partial charge in [0.2, 0.25) is 0 Å². The van der Waals surface area contributed by atoms with Crippen LogP contribution in [0.1, 0.15) is 18.9 Å². The van der Waals surface area contributed by atoms with Gasteiger partial charge in [-0.25, -0.2) is 0 Å². The molecule has 74 valence electrons. The fraction of sp³-hybridized carbons (Fsp3) is 0.364. The maximum Gasteiger partial charge on any atom is 0.306 e. The van der Waals surface area contributed by atoms with Crippen LogP contribution in [0.3, 0.4) is 0 Å². The molecule has 0 N–H and O–H groups in total. The summed E-state index contributed by atoms with van der Waals surface area (Å²) in [5.41, 5.74) is 0.975. The van der Waals surface area contributed by atoms with Gasteiger partial charge in [0.15, 0.2) is 0 Å². The van der Waals surface area contributed by atoms with Gasteiger partial charge < -0.3 is 4.74 Å². The minimum absolute atomic E-state index is 0.108. The number of carbonyl (C=O) groups is 1. The zero-order valence-electron chi connectivity index (χ0n) is 7.92. The van der Waals surface area contributed by atoms with E-state index in [-0.39, 0.29) is 11.4 Å². The van der Waals surface area contributed by atoms with E-state index >= 15 is 0 Å². The lowest BCUT2D eigenvalue weighted by Gasteiger charge is -2.21. The minimum atomic E-state index is -0.169. The summed E-state index contributed by atoms with van der Waals surface area (Å²) in [6.45, 7) is 2.53. The number of rotatable bonds is 1. The van der Waals surface area contributed by atoms with Crippen molar-refractivity contribution in [2.75, 3.05) is 6.61 Å². The summed E-state index contributed by atoms with van der Waals surface area (Å²) in [6.07, 6.45) is 0.468. The first-order chi connectivity index (χ1) is 6.62. The zero-order valence-corrected chi connectivity index (χ0v) is 9.50. The van der Waals surface area contributed by atoms with E-state index in [4.69, 9.17) is 4.74 Å². The lowest BCUT2D eigenvalue weighted by Crippen LogP contribution is -2.22. The van der Waals surface area contributed by atoms with E-state index in [2.05, 4.69) is 22.9 Å². The quantitative estimate of drug-likeness (QED) is 0.721. The van der Waals surface area contributed by atoms with Crippen molar-refractivity contribution in [3.05, 3.63) is 34.3 Å². The molecule has 1 heterocycles. The Labute approximate surface area is 91.4 Å². The van der Waals surface area contributed by atoms with Gasteiger partial charge in [-0.2, -0.15) is 0 Å². The molecule has 2 rings (SSSR count). The van der Waals surface area contributed by atoms with Gasteiger partial charge in [-0.1, -0.05) is 41.1 Å². The Morgan fingerprint density at radius 2 is 2.14 bits per heavy atom. The Morgan fingerprint density at radius 1 is 1.43 bits per heavy atom. The zero-order chi connectivity index (χ0) is 10.2. The van der Waals surface area contributed by atoms with Crippen LogP contribution in [0.5, 0.6) is 0 Å². The van der Waals surface area contributed by atoms with Gasteiger partial charge in [0.1, 0.15) is 6.61 Å². The Morgan fingerprint density at radius 3 is 2.71 bits per heavy atom. The molecule has 0 bridgehead atoms. The smallest absolute Gasteiger partial charge is 0.306 e. The Hall–Kier alpha value is -0.830. The highest BCUT2D eigenvalue weighted by molar-refractivity contribution is 9.10. The molecule has 1 saturated heterocycles. The molecule has 1 aliphatic rings. The van der Waals surface area contributed by atoms with Crippen LogP contribution in [0.15, 0.2) is 28.7 Å². The topological polar surface area (TPSA) is 26.3 Å². The molecule has 0 spiro atoms. The fourth-order valence-corrected chi connectivity index (χ4v) is 2.55. The largest absolute Gasteiger partial charge is 0.465 e. The number of cyclic esters (lactones) is 1. The molecule has 1 atom stereocenters. The first-order valence-corrected chi connectivity index (χ1v) is 5.32. The van der Waals surface area contributed by atoms with E-state index in [0.29, 0.717) is 13.0 Å². The molecule has 1 aliphatic heterocycles. The number of halogens is 1. The summed E-state index contributed by atoms with van der Waals surface area (Å²) >= 11 is 3.49. The lowest BCUT2D eigenvalue weighted by atomic mass is 9.82. The summed E-state index contributed by atoms with van der Waals surface area (Å²) in [5, 5.41) is 0. The summed E-state index contributed by atoms with van der Waals surface area (Å²) < 4.78 is 6.06. The van der Waals surface area contributed by atoms with Crippen molar-refractivity contribution in [2.45, 2.75) is 18.8 Å². The van der Waals surface area contributed by atoms with Crippen molar-refractivity contribution in [3.63, 3.8) is 0 Å². The summed E-state index contributed by atoms with van der Waals surface area (Å²) in [7, 11) is 0. The average Bonchev–Trinajstić information content (AvgIpc) is 2.48. The van der Waals surface area contributed by atoms with Crippen LogP contribution in [0.2, 0.25) is 0 Å². The van der Waals surface area contributed by atoms with Crippen LogP contribution in [0, 0.1) is 0 Å². The maximum absolute atomic E-state index is 11.1. The first kappa shape index (κ1) is 9.71. The number of esters is 1. The third-order valence-electron chi connectivity index (χ3n) is 2.61. The molecule has 1 unspecified atom stereocenters. The van der Waals surface area contributed by atoms with E-state index in [0.717, 1.165) is 10.0 Å². The Balaban J connectivity index is 2.40. The van der Waals surface area contributed by atoms with Crippen LogP contribution in [-0.2, 0) is 14.9 Å². The molecule has 1 fully saturated rings. The molecule has 2 nitrogen and oxygen atoms in total. The number of hydrogen-bond acceptors (Lipinski definition) is 2. The molecule has 0 aliphatic carbocycles. The molecule has 1 aromatic rings. The molecule has 1 aromatic carbocycles. The number of hydrogen-bond donors (Lipinski definition) is 0. The summed E-state index contributed by atoms with van der Waals surface area (Å²) in [5.74, 6) is -0.108. The number of ether oxygens (including phenoxy) is 1. The standard InChI is InChI=1S/C11H11BrO2/c1-11(6-10(13)14-7-11)8-4-2-3-5-9(8)12/h2-5H,6-7H2,1H3. The van der Waals surface area contributed by atoms with E-state index in [9.17, 15) is 4.79 Å². The molecule has 3 heteroatoms. The van der Waals surface area contributed by atoms with Gasteiger partial charge in [-0.15, -0.1) is 0 Å². The van der Waals surface area contributed by atoms with E-state index in [1.807, 2.05) is 24.3 Å². The van der Waals surface area contributed by atoms with Gasteiger partial charge in [0.05, 0.1) is 6.42 Å². The molecule has 14 heavy (non-hydrogen) atoms. The van der Waals surface area contributed by atoms with Crippen LogP contribution in [0.25, 0.3) is 0 Å². The molecule has 0 radical (unpaired) electrons. The normalized spacial score (nSPS) is 26.3. The van der Waals surface area contributed by atoms with Crippen molar-refractivity contribution < 1.29 is 9.53 Å². The highest BCUT2D eigenvalue weighted by Gasteiger charge is 2.38. The van der Waals surface area contributed by atoms with Gasteiger partial charge in [0, 0.05) is 9.89 Å². The van der Waals surface area contributed by atoms with Crippen LogP contribution in [-0.4, -0.2) is 12.6 Å². The minimum Gasteiger partial charge on any atom is -0.465 e. The second-order valence-corrected chi connectivity index (χ2v) is 4.73. The predicted octanol–water partition coefficient (Wildman–Crippen LogP) is 2.65. The van der Waals surface area contributed by atoms with Gasteiger partial charge in [-0.3, -0.25) is 4.79 Å². The number of benzene rings is 1. The molecular weight excluding hydrogens is 244 g/mol.